The second-order valence-corrected chi connectivity index (χ2v) is 16.0. The van der Waals surface area contributed by atoms with Crippen LogP contribution < -0.4 is 21.3 Å². The largest absolute Gasteiger partial charge is 0.347 e. The highest BCUT2D eigenvalue weighted by atomic mass is 16.5. The average Bonchev–Trinajstić information content (AvgIpc) is 3.83. The number of urea groups is 1. The summed E-state index contributed by atoms with van der Waals surface area (Å²) in [7, 11) is 1.91. The molecule has 4 rings (SSSR count). The SMILES string of the molecule is CC.CC(C)(C)N(O)CC1(NC(=O)NC(C=O)C2CCCCC2)CCCCC1.CCC.CCCC(NC(=O)C1CCCN1C)C(=O)C(=O)NC1CC1. The predicted molar refractivity (Wildman–Crippen MR) is 208 cm³/mol. The van der Waals surface area contributed by atoms with Crippen LogP contribution in [0, 0.1) is 5.92 Å². The van der Waals surface area contributed by atoms with E-state index in [0.717, 1.165) is 103 Å². The molecule has 3 saturated carbocycles. The summed E-state index contributed by atoms with van der Waals surface area (Å²) in [5.74, 6) is -0.965. The summed E-state index contributed by atoms with van der Waals surface area (Å²) in [5.41, 5.74) is -0.819. The Labute approximate surface area is 315 Å². The second kappa shape index (κ2) is 24.7. The number of rotatable bonds is 13. The zero-order chi connectivity index (χ0) is 39.3. The normalized spacial score (nSPS) is 21.3. The number of aldehydes is 1. The number of nitrogens with one attached hydrogen (secondary N) is 4. The minimum atomic E-state index is -0.699. The van der Waals surface area contributed by atoms with E-state index < -0.39 is 29.3 Å². The van der Waals surface area contributed by atoms with Crippen LogP contribution in [0.25, 0.3) is 0 Å². The van der Waals surface area contributed by atoms with Gasteiger partial charge in [0, 0.05) is 18.1 Å². The molecule has 12 heteroatoms. The first-order valence-electron chi connectivity index (χ1n) is 20.6. The van der Waals surface area contributed by atoms with Crippen molar-refractivity contribution in [2.75, 3.05) is 20.1 Å². The summed E-state index contributed by atoms with van der Waals surface area (Å²) in [6, 6.07) is -1.42. The Morgan fingerprint density at radius 3 is 1.94 bits per heavy atom. The number of Topliss-reactive ketones (excluding diaryl/α,β-unsaturated/α-hetero) is 1. The van der Waals surface area contributed by atoms with E-state index in [9.17, 15) is 29.2 Å². The number of amides is 4. The van der Waals surface area contributed by atoms with Crippen LogP contribution >= 0.6 is 0 Å². The highest BCUT2D eigenvalue weighted by Gasteiger charge is 2.39. The number of nitrogens with zero attached hydrogens (tertiary/aromatic N) is 2. The van der Waals surface area contributed by atoms with Gasteiger partial charge in [0.1, 0.15) is 6.29 Å². The molecule has 1 saturated heterocycles. The van der Waals surface area contributed by atoms with Gasteiger partial charge in [0.15, 0.2) is 0 Å². The summed E-state index contributed by atoms with van der Waals surface area (Å²) in [5, 5.41) is 23.3. The lowest BCUT2D eigenvalue weighted by Crippen LogP contribution is -2.61. The van der Waals surface area contributed by atoms with E-state index in [1.165, 1.54) is 17.9 Å². The molecule has 4 amide bonds. The highest BCUT2D eigenvalue weighted by Crippen LogP contribution is 2.31. The lowest BCUT2D eigenvalue weighted by Gasteiger charge is -2.43. The van der Waals surface area contributed by atoms with Crippen molar-refractivity contribution in [1.29, 1.82) is 0 Å². The standard InChI is InChI=1S/C20H37N3O3.C15H25N3O3.C3H8.C2H6/c1-19(2,3)23(26)15-20(12-8-5-9-13-20)22-18(25)21-17(14-24)16-10-6-4-7-11-16;1-3-5-11(13(19)15(21)16-10-7-8-10)17-14(20)12-6-4-9-18(12)2;1-3-2;1-2/h14,16-17,26H,4-13,15H2,1-3H3,(H2,21,22,25);10-12H,3-9H2,1-2H3,(H,16,21)(H,17,20);3H2,1-2H3;1-2H3. The Morgan fingerprint density at radius 2 is 1.46 bits per heavy atom. The van der Waals surface area contributed by atoms with Gasteiger partial charge in [-0.2, -0.15) is 5.06 Å². The number of hydrogen-bond donors (Lipinski definition) is 5. The zero-order valence-electron chi connectivity index (χ0n) is 34.3. The fraction of sp³-hybridized carbons (Fsp3) is 0.875. The Hall–Kier alpha value is -2.57. The summed E-state index contributed by atoms with van der Waals surface area (Å²) in [6.07, 6.45) is 17.5. The Bertz CT molecular complexity index is 1070. The van der Waals surface area contributed by atoms with Gasteiger partial charge >= 0.3 is 6.03 Å². The molecule has 0 aromatic carbocycles. The number of ketones is 1. The molecular weight excluding hydrogens is 660 g/mol. The molecule has 0 aromatic heterocycles. The molecule has 1 aliphatic heterocycles. The topological polar surface area (TPSA) is 160 Å². The number of hydroxylamine groups is 2. The van der Waals surface area contributed by atoms with Gasteiger partial charge in [0.25, 0.3) is 5.91 Å². The lowest BCUT2D eigenvalue weighted by atomic mass is 9.81. The molecule has 302 valence electrons. The summed E-state index contributed by atoms with van der Waals surface area (Å²) in [4.78, 5) is 62.5. The molecule has 3 unspecified atom stereocenters. The third-order valence-electron chi connectivity index (χ3n) is 10.2. The molecule has 0 radical (unpaired) electrons. The van der Waals surface area contributed by atoms with E-state index in [2.05, 4.69) is 35.1 Å². The predicted octanol–water partition coefficient (Wildman–Crippen LogP) is 6.28. The molecule has 1 heterocycles. The van der Waals surface area contributed by atoms with Crippen molar-refractivity contribution >= 4 is 29.9 Å². The molecule has 3 aliphatic carbocycles. The quantitative estimate of drug-likeness (QED) is 0.0839. The molecule has 4 fully saturated rings. The molecule has 5 N–H and O–H groups in total. The van der Waals surface area contributed by atoms with E-state index in [0.29, 0.717) is 13.0 Å². The second-order valence-electron chi connectivity index (χ2n) is 16.0. The number of hydrogen-bond acceptors (Lipinski definition) is 8. The number of carbonyl (C=O) groups is 5. The van der Waals surface area contributed by atoms with Gasteiger partial charge < -0.3 is 31.3 Å². The fourth-order valence-electron chi connectivity index (χ4n) is 6.97. The van der Waals surface area contributed by atoms with Crippen molar-refractivity contribution < 1.29 is 29.2 Å². The number of carbonyl (C=O) groups excluding carboxylic acids is 5. The van der Waals surface area contributed by atoms with Gasteiger partial charge in [0.2, 0.25) is 11.7 Å². The van der Waals surface area contributed by atoms with Gasteiger partial charge in [0.05, 0.1) is 23.7 Å². The average molecular weight is 737 g/mol. The Morgan fingerprint density at radius 1 is 0.885 bits per heavy atom. The molecule has 3 atom stereocenters. The third kappa shape index (κ3) is 17.1. The van der Waals surface area contributed by atoms with Crippen LogP contribution in [0.2, 0.25) is 0 Å². The van der Waals surface area contributed by atoms with Crippen LogP contribution in [0.1, 0.15) is 165 Å². The van der Waals surface area contributed by atoms with Gasteiger partial charge in [-0.3, -0.25) is 19.3 Å². The van der Waals surface area contributed by atoms with Crippen LogP contribution in [-0.4, -0.2) is 100 Å². The van der Waals surface area contributed by atoms with E-state index in [4.69, 9.17) is 0 Å². The van der Waals surface area contributed by atoms with Crippen LogP contribution in [-0.2, 0) is 19.2 Å². The molecule has 12 nitrogen and oxygen atoms in total. The van der Waals surface area contributed by atoms with E-state index in [1.54, 1.807) is 0 Å². The van der Waals surface area contributed by atoms with Crippen LogP contribution in [0.3, 0.4) is 0 Å². The first kappa shape index (κ1) is 47.5. The van der Waals surface area contributed by atoms with Crippen molar-refractivity contribution in [1.82, 2.24) is 31.2 Å². The molecule has 0 spiro atoms. The molecule has 0 bridgehead atoms. The minimum absolute atomic E-state index is 0.138. The number of likely N-dealkylation sites (tertiary alicyclic amines) is 1. The molecule has 4 aliphatic rings. The van der Waals surface area contributed by atoms with Crippen LogP contribution in [0.5, 0.6) is 0 Å². The molecule has 0 aromatic rings. The van der Waals surface area contributed by atoms with E-state index in [-0.39, 0.29) is 35.5 Å². The maximum Gasteiger partial charge on any atom is 0.315 e. The van der Waals surface area contributed by atoms with Crippen LogP contribution in [0.15, 0.2) is 0 Å². The first-order chi connectivity index (χ1) is 24.7. The fourth-order valence-corrected chi connectivity index (χ4v) is 6.97. The van der Waals surface area contributed by atoms with E-state index in [1.807, 2.05) is 53.5 Å². The zero-order valence-corrected chi connectivity index (χ0v) is 34.3. The Kier molecular flexibility index (Phi) is 22.5. The minimum Gasteiger partial charge on any atom is -0.347 e. The van der Waals surface area contributed by atoms with Crippen LogP contribution in [0.4, 0.5) is 4.79 Å². The number of likely N-dealkylation sites (N-methyl/N-ethyl adjacent to an activating group) is 1. The smallest absolute Gasteiger partial charge is 0.315 e. The lowest BCUT2D eigenvalue weighted by molar-refractivity contribution is -0.170. The first-order valence-corrected chi connectivity index (χ1v) is 20.6. The van der Waals surface area contributed by atoms with Gasteiger partial charge in [-0.05, 0) is 98.1 Å². The van der Waals surface area contributed by atoms with Gasteiger partial charge in [-0.1, -0.05) is 86.0 Å². The van der Waals surface area contributed by atoms with Gasteiger partial charge in [-0.15, -0.1) is 0 Å². The summed E-state index contributed by atoms with van der Waals surface area (Å²) in [6.45, 7) is 17.3. The van der Waals surface area contributed by atoms with Crippen molar-refractivity contribution in [2.24, 2.45) is 5.92 Å². The van der Waals surface area contributed by atoms with Crippen molar-refractivity contribution in [3.05, 3.63) is 0 Å². The maximum absolute atomic E-state index is 12.7. The van der Waals surface area contributed by atoms with E-state index >= 15 is 0 Å². The van der Waals surface area contributed by atoms with Crippen molar-refractivity contribution in [3.63, 3.8) is 0 Å². The molecule has 52 heavy (non-hydrogen) atoms. The maximum atomic E-state index is 12.7. The van der Waals surface area contributed by atoms with Crippen molar-refractivity contribution in [3.8, 4) is 0 Å². The monoisotopic (exact) mass is 737 g/mol. The van der Waals surface area contributed by atoms with Gasteiger partial charge in [-0.25, -0.2) is 4.79 Å². The molecular formula is C40H76N6O6. The third-order valence-corrected chi connectivity index (χ3v) is 10.2. The van der Waals surface area contributed by atoms with Crippen molar-refractivity contribution in [2.45, 2.75) is 200 Å². The highest BCUT2D eigenvalue weighted by molar-refractivity contribution is 6.38. The Balaban J connectivity index is 0.000000470. The summed E-state index contributed by atoms with van der Waals surface area (Å²) >= 11 is 0. The summed E-state index contributed by atoms with van der Waals surface area (Å²) < 4.78 is 0.